The molecule has 4 nitrogen and oxygen atoms in total. The Hall–Kier alpha value is -1.65. The van der Waals surface area contributed by atoms with Crippen molar-refractivity contribution >= 4 is 0 Å². The summed E-state index contributed by atoms with van der Waals surface area (Å²) >= 11 is 0. The molecule has 0 saturated heterocycles. The molecular formula is C17H23N3O. The second kappa shape index (κ2) is 6.00. The van der Waals surface area contributed by atoms with E-state index in [1.807, 2.05) is 7.05 Å². The Morgan fingerprint density at radius 3 is 2.86 bits per heavy atom. The van der Waals surface area contributed by atoms with Crippen molar-refractivity contribution in [3.8, 4) is 0 Å². The first-order valence-corrected chi connectivity index (χ1v) is 7.61. The quantitative estimate of drug-likeness (QED) is 0.918. The predicted octanol–water partition coefficient (Wildman–Crippen LogP) is 2.74. The van der Waals surface area contributed by atoms with Crippen LogP contribution in [0.15, 0.2) is 24.3 Å². The molecule has 21 heavy (non-hydrogen) atoms. The van der Waals surface area contributed by atoms with Crippen LogP contribution in [0.3, 0.4) is 0 Å². The number of nitrogens with one attached hydrogen (secondary N) is 1. The summed E-state index contributed by atoms with van der Waals surface area (Å²) in [5, 5.41) is 7.97. The summed E-state index contributed by atoms with van der Waals surface area (Å²) in [6.45, 7) is 6.60. The minimum Gasteiger partial charge on any atom is -0.372 e. The van der Waals surface area contributed by atoms with E-state index in [1.54, 1.807) is 0 Å². The van der Waals surface area contributed by atoms with E-state index in [9.17, 15) is 0 Å². The monoisotopic (exact) mass is 285 g/mol. The summed E-state index contributed by atoms with van der Waals surface area (Å²) in [6, 6.07) is 9.18. The predicted molar refractivity (Wildman–Crippen MR) is 83.1 cm³/mol. The maximum atomic E-state index is 5.51. The largest absolute Gasteiger partial charge is 0.372 e. The van der Waals surface area contributed by atoms with Crippen molar-refractivity contribution in [1.29, 1.82) is 0 Å². The van der Waals surface area contributed by atoms with Crippen LogP contribution < -0.4 is 5.32 Å². The van der Waals surface area contributed by atoms with Gasteiger partial charge in [0.15, 0.2) is 0 Å². The molecule has 0 saturated carbocycles. The number of hydrogen-bond acceptors (Lipinski definition) is 3. The average Bonchev–Trinajstić information content (AvgIpc) is 3.09. The van der Waals surface area contributed by atoms with Crippen LogP contribution in [0.25, 0.3) is 0 Å². The molecule has 0 bridgehead atoms. The van der Waals surface area contributed by atoms with E-state index in [0.717, 1.165) is 31.9 Å². The number of aromatic nitrogens is 2. The highest BCUT2D eigenvalue weighted by Gasteiger charge is 2.17. The van der Waals surface area contributed by atoms with Crippen LogP contribution in [0.4, 0.5) is 0 Å². The standard InChI is InChI=1S/C17H23N3O/c1-4-20-16(7-12(2)19-20)9-17(18-3)13-5-6-14-10-21-11-15(14)8-13/h5-8,17-18H,4,9-11H2,1-3H3. The summed E-state index contributed by atoms with van der Waals surface area (Å²) in [5.74, 6) is 0. The Balaban J connectivity index is 1.84. The number of hydrogen-bond donors (Lipinski definition) is 1. The van der Waals surface area contributed by atoms with Gasteiger partial charge in [-0.25, -0.2) is 0 Å². The molecule has 1 atom stereocenters. The van der Waals surface area contributed by atoms with Crippen molar-refractivity contribution < 1.29 is 4.74 Å². The number of nitrogens with zero attached hydrogens (tertiary/aromatic N) is 2. The molecule has 1 aliphatic rings. The SMILES string of the molecule is CCn1nc(C)cc1CC(NC)c1ccc2c(c1)COC2. The van der Waals surface area contributed by atoms with Gasteiger partial charge in [-0.3, -0.25) is 4.68 Å². The van der Waals surface area contributed by atoms with Crippen LogP contribution >= 0.6 is 0 Å². The normalized spacial score (nSPS) is 15.2. The zero-order valence-corrected chi connectivity index (χ0v) is 13.0. The number of fused-ring (bicyclic) bond motifs is 1. The third-order valence-corrected chi connectivity index (χ3v) is 4.19. The molecule has 112 valence electrons. The van der Waals surface area contributed by atoms with E-state index in [1.165, 1.54) is 22.4 Å². The zero-order valence-electron chi connectivity index (χ0n) is 13.0. The van der Waals surface area contributed by atoms with Gasteiger partial charge in [0.05, 0.1) is 18.9 Å². The van der Waals surface area contributed by atoms with E-state index in [4.69, 9.17) is 4.74 Å². The maximum Gasteiger partial charge on any atom is 0.0725 e. The fourth-order valence-corrected chi connectivity index (χ4v) is 3.04. The van der Waals surface area contributed by atoms with Crippen molar-refractivity contribution in [3.63, 3.8) is 0 Å². The highest BCUT2D eigenvalue weighted by Crippen LogP contribution is 2.25. The Morgan fingerprint density at radius 2 is 2.10 bits per heavy atom. The fourth-order valence-electron chi connectivity index (χ4n) is 3.04. The Kier molecular flexibility index (Phi) is 4.08. The van der Waals surface area contributed by atoms with Crippen molar-refractivity contribution in [1.82, 2.24) is 15.1 Å². The summed E-state index contributed by atoms with van der Waals surface area (Å²) in [7, 11) is 2.02. The van der Waals surface area contributed by atoms with E-state index < -0.39 is 0 Å². The molecule has 0 amide bonds. The van der Waals surface area contributed by atoms with Gasteiger partial charge in [-0.2, -0.15) is 5.10 Å². The third-order valence-electron chi connectivity index (χ3n) is 4.19. The van der Waals surface area contributed by atoms with Crippen molar-refractivity contribution in [2.75, 3.05) is 7.05 Å². The summed E-state index contributed by atoms with van der Waals surface area (Å²) in [5.41, 5.74) is 6.34. The van der Waals surface area contributed by atoms with Gasteiger partial charge in [-0.15, -0.1) is 0 Å². The molecule has 1 aromatic carbocycles. The molecule has 1 N–H and O–H groups in total. The lowest BCUT2D eigenvalue weighted by Crippen LogP contribution is -2.20. The molecular weight excluding hydrogens is 262 g/mol. The average molecular weight is 285 g/mol. The molecule has 2 aromatic rings. The van der Waals surface area contributed by atoms with Crippen LogP contribution in [0.5, 0.6) is 0 Å². The van der Waals surface area contributed by atoms with Crippen LogP contribution in [-0.4, -0.2) is 16.8 Å². The van der Waals surface area contributed by atoms with Gasteiger partial charge in [-0.1, -0.05) is 18.2 Å². The van der Waals surface area contributed by atoms with Crippen LogP contribution in [0.2, 0.25) is 0 Å². The van der Waals surface area contributed by atoms with Gasteiger partial charge in [-0.05, 0) is 43.7 Å². The number of rotatable bonds is 5. The van der Waals surface area contributed by atoms with Crippen molar-refractivity contribution in [3.05, 3.63) is 52.3 Å². The van der Waals surface area contributed by atoms with Crippen LogP contribution in [-0.2, 0) is 30.9 Å². The Morgan fingerprint density at radius 1 is 1.29 bits per heavy atom. The first-order valence-electron chi connectivity index (χ1n) is 7.61. The van der Waals surface area contributed by atoms with Crippen LogP contribution in [0, 0.1) is 6.92 Å². The fraction of sp³-hybridized carbons (Fsp3) is 0.471. The molecule has 1 aromatic heterocycles. The number of aryl methyl sites for hydroxylation is 2. The molecule has 0 spiro atoms. The van der Waals surface area contributed by atoms with Gasteiger partial charge in [0.2, 0.25) is 0 Å². The summed E-state index contributed by atoms with van der Waals surface area (Å²) in [6.07, 6.45) is 0.949. The topological polar surface area (TPSA) is 39.1 Å². The van der Waals surface area contributed by atoms with E-state index in [2.05, 4.69) is 53.2 Å². The number of ether oxygens (including phenoxy) is 1. The molecule has 3 rings (SSSR count). The lowest BCUT2D eigenvalue weighted by atomic mass is 9.98. The first-order chi connectivity index (χ1) is 10.2. The summed E-state index contributed by atoms with van der Waals surface area (Å²) < 4.78 is 7.60. The molecule has 1 unspecified atom stereocenters. The maximum absolute atomic E-state index is 5.51. The number of benzene rings is 1. The van der Waals surface area contributed by atoms with Gasteiger partial charge in [0.1, 0.15) is 0 Å². The van der Waals surface area contributed by atoms with Gasteiger partial charge in [0, 0.05) is 24.7 Å². The third kappa shape index (κ3) is 2.87. The zero-order chi connectivity index (χ0) is 14.8. The van der Waals surface area contributed by atoms with E-state index in [-0.39, 0.29) is 0 Å². The number of likely N-dealkylation sites (N-methyl/N-ethyl adjacent to an activating group) is 1. The first kappa shape index (κ1) is 14.3. The van der Waals surface area contributed by atoms with E-state index >= 15 is 0 Å². The molecule has 2 heterocycles. The lowest BCUT2D eigenvalue weighted by molar-refractivity contribution is 0.134. The smallest absolute Gasteiger partial charge is 0.0725 e. The Labute approximate surface area is 126 Å². The molecule has 4 heteroatoms. The highest BCUT2D eigenvalue weighted by atomic mass is 16.5. The van der Waals surface area contributed by atoms with E-state index in [0.29, 0.717) is 6.04 Å². The highest BCUT2D eigenvalue weighted by molar-refractivity contribution is 5.35. The van der Waals surface area contributed by atoms with Gasteiger partial charge < -0.3 is 10.1 Å². The molecule has 0 aliphatic carbocycles. The minimum atomic E-state index is 0.303. The Bertz CT molecular complexity index is 633. The van der Waals surface area contributed by atoms with Crippen molar-refractivity contribution in [2.45, 2.75) is 46.1 Å². The second-order valence-electron chi connectivity index (χ2n) is 5.66. The summed E-state index contributed by atoms with van der Waals surface area (Å²) in [4.78, 5) is 0. The lowest BCUT2D eigenvalue weighted by Gasteiger charge is -2.18. The molecule has 0 fully saturated rings. The van der Waals surface area contributed by atoms with Gasteiger partial charge >= 0.3 is 0 Å². The second-order valence-corrected chi connectivity index (χ2v) is 5.66. The molecule has 1 aliphatic heterocycles. The van der Waals surface area contributed by atoms with Crippen LogP contribution in [0.1, 0.15) is 41.0 Å². The molecule has 0 radical (unpaired) electrons. The minimum absolute atomic E-state index is 0.303. The van der Waals surface area contributed by atoms with Gasteiger partial charge in [0.25, 0.3) is 0 Å². The van der Waals surface area contributed by atoms with Crippen molar-refractivity contribution in [2.24, 2.45) is 0 Å².